The summed E-state index contributed by atoms with van der Waals surface area (Å²) in [4.78, 5) is 70.9. The number of nitrogen functional groups attached to an aromatic ring is 1. The number of carbonyl (C=O) groups is 4. The number of hydrogen-bond donors (Lipinski definition) is 5. The molecule has 59 heavy (non-hydrogen) atoms. The number of aliphatic imine (C=N–C) groups is 1. The van der Waals surface area contributed by atoms with Crippen LogP contribution in [0.25, 0.3) is 11.2 Å². The number of anilines is 2. The molecule has 0 aliphatic heterocycles. The Morgan fingerprint density at radius 3 is 2.42 bits per heavy atom. The maximum absolute atomic E-state index is 14.2. The summed E-state index contributed by atoms with van der Waals surface area (Å²) in [5, 5.41) is 5.10. The minimum atomic E-state index is -4.01. The topological polar surface area (TPSA) is 277 Å². The Morgan fingerprint density at radius 1 is 1.03 bits per heavy atom. The summed E-state index contributed by atoms with van der Waals surface area (Å²) in [5.74, 6) is -2.09. The van der Waals surface area contributed by atoms with Gasteiger partial charge in [-0.25, -0.2) is 32.5 Å². The van der Waals surface area contributed by atoms with Gasteiger partial charge < -0.3 is 40.5 Å². The number of nitrogens with two attached hydrogens (primary N) is 2. The number of rotatable bonds is 18. The highest BCUT2D eigenvalue weighted by Gasteiger charge is 2.32. The van der Waals surface area contributed by atoms with E-state index in [2.05, 4.69) is 41.9 Å². The summed E-state index contributed by atoms with van der Waals surface area (Å²) in [6.07, 6.45) is 1.18. The van der Waals surface area contributed by atoms with E-state index in [-0.39, 0.29) is 79.5 Å². The van der Waals surface area contributed by atoms with E-state index in [1.165, 1.54) is 34.0 Å². The van der Waals surface area contributed by atoms with Crippen molar-refractivity contribution in [3.05, 3.63) is 84.7 Å². The third-order valence-corrected chi connectivity index (χ3v) is 9.41. The summed E-state index contributed by atoms with van der Waals surface area (Å²) < 4.78 is 45.1. The maximum Gasteiger partial charge on any atom is 0.413 e. The Labute approximate surface area is 341 Å². The van der Waals surface area contributed by atoms with E-state index in [1.807, 2.05) is 13.0 Å². The highest BCUT2D eigenvalue weighted by molar-refractivity contribution is 7.90. The largest absolute Gasteiger partial charge is 0.460 e. The van der Waals surface area contributed by atoms with Crippen LogP contribution in [0.4, 0.5) is 21.4 Å². The van der Waals surface area contributed by atoms with Crippen LogP contribution in [0.1, 0.15) is 44.7 Å². The molecule has 0 aliphatic rings. The van der Waals surface area contributed by atoms with Crippen LogP contribution in [-0.4, -0.2) is 101 Å². The molecule has 4 rings (SSSR count). The van der Waals surface area contributed by atoms with Gasteiger partial charge in [-0.1, -0.05) is 60.7 Å². The van der Waals surface area contributed by atoms with Gasteiger partial charge in [0.05, 0.1) is 11.2 Å². The SMILES string of the molecule is C=CCOC(=O)[C@@H](CCCN=C(N)NS(=O)(=O)c1ccc(C)cc1)N(CCNC(=O)OC(C)(C)C)C(=O)Cn1cnc2c(NC(=O)OCc3ccccc3)nc(N)nc21. The van der Waals surface area contributed by atoms with E-state index in [1.54, 1.807) is 57.2 Å². The third kappa shape index (κ3) is 14.0. The van der Waals surface area contributed by atoms with E-state index < -0.39 is 52.3 Å². The van der Waals surface area contributed by atoms with Gasteiger partial charge in [0.15, 0.2) is 17.0 Å². The van der Waals surface area contributed by atoms with Crippen LogP contribution < -0.4 is 26.8 Å². The number of fused-ring (bicyclic) bond motifs is 1. The summed E-state index contributed by atoms with van der Waals surface area (Å²) >= 11 is 0. The van der Waals surface area contributed by atoms with Gasteiger partial charge in [-0.2, -0.15) is 9.97 Å². The van der Waals surface area contributed by atoms with Crippen LogP contribution in [0.3, 0.4) is 0 Å². The molecule has 4 aromatic rings. The number of sulfonamides is 1. The molecular weight excluding hydrogens is 787 g/mol. The molecule has 2 aromatic carbocycles. The van der Waals surface area contributed by atoms with Gasteiger partial charge in [0.25, 0.3) is 10.0 Å². The quantitative estimate of drug-likeness (QED) is 0.0241. The highest BCUT2D eigenvalue weighted by atomic mass is 32.2. The Balaban J connectivity index is 1.55. The standard InChI is InChI=1S/C38H49N11O9S/c1-6-21-56-33(51)28(13-10-18-41-34(39)47-59(54,55)27-16-14-25(2)15-17-27)49(20-19-42-36(52)58-38(3,4)5)29(50)22-48-24-43-30-31(44-35(40)46-32(30)48)45-37(53)57-23-26-11-8-7-9-12-26/h6-9,11-12,14-17,24,28H,1,10,13,18-23H2,2-5H3,(H,42,52)(H3,39,41,47)(H3,40,44,45,46,53)/t28-/m1/s1. The number of nitrogens with zero attached hydrogens (tertiary/aromatic N) is 6. The molecule has 0 saturated carbocycles. The number of aromatic nitrogens is 4. The second-order valence-electron chi connectivity index (χ2n) is 13.9. The molecule has 20 nitrogen and oxygen atoms in total. The van der Waals surface area contributed by atoms with Crippen molar-refractivity contribution >= 4 is 63.0 Å². The van der Waals surface area contributed by atoms with Crippen molar-refractivity contribution in [2.24, 2.45) is 10.7 Å². The minimum Gasteiger partial charge on any atom is -0.460 e. The number of amides is 3. The van der Waals surface area contributed by atoms with Gasteiger partial charge in [-0.15, -0.1) is 0 Å². The number of benzene rings is 2. The normalized spacial score (nSPS) is 12.2. The summed E-state index contributed by atoms with van der Waals surface area (Å²) in [7, 11) is -4.01. The number of hydrogen-bond acceptors (Lipinski definition) is 14. The molecule has 316 valence electrons. The zero-order valence-corrected chi connectivity index (χ0v) is 34.0. The van der Waals surface area contributed by atoms with Crippen molar-refractivity contribution < 1.29 is 41.8 Å². The predicted octanol–water partition coefficient (Wildman–Crippen LogP) is 2.99. The lowest BCUT2D eigenvalue weighted by molar-refractivity contribution is -0.154. The lowest BCUT2D eigenvalue weighted by Gasteiger charge is -2.31. The van der Waals surface area contributed by atoms with E-state index in [4.69, 9.17) is 25.7 Å². The number of esters is 1. The summed E-state index contributed by atoms with van der Waals surface area (Å²) in [6, 6.07) is 13.9. The van der Waals surface area contributed by atoms with E-state index in [9.17, 15) is 27.6 Å². The molecule has 0 fully saturated rings. The van der Waals surface area contributed by atoms with Crippen LogP contribution in [0.15, 0.2) is 83.5 Å². The van der Waals surface area contributed by atoms with Crippen LogP contribution in [-0.2, 0) is 47.0 Å². The number of carbonyl (C=O) groups excluding carboxylic acids is 4. The van der Waals surface area contributed by atoms with Crippen LogP contribution in [0.2, 0.25) is 0 Å². The summed E-state index contributed by atoms with van der Waals surface area (Å²) in [5.41, 5.74) is 12.9. The van der Waals surface area contributed by atoms with Gasteiger partial charge in [0, 0.05) is 19.6 Å². The lowest BCUT2D eigenvalue weighted by atomic mass is 10.1. The van der Waals surface area contributed by atoms with Gasteiger partial charge in [0.2, 0.25) is 17.8 Å². The fourth-order valence-corrected chi connectivity index (χ4v) is 6.32. The fourth-order valence-electron chi connectivity index (χ4n) is 5.37. The number of ether oxygens (including phenoxy) is 3. The molecule has 21 heteroatoms. The minimum absolute atomic E-state index is 0.00549. The molecule has 0 bridgehead atoms. The molecule has 0 radical (unpaired) electrons. The molecule has 3 amide bonds. The van der Waals surface area contributed by atoms with Gasteiger partial charge in [-0.3, -0.25) is 15.1 Å². The maximum atomic E-state index is 14.2. The average molecular weight is 836 g/mol. The summed E-state index contributed by atoms with van der Waals surface area (Å²) in [6.45, 7) is 9.51. The number of guanidine groups is 1. The first kappa shape index (κ1) is 44.9. The monoisotopic (exact) mass is 835 g/mol. The Hall–Kier alpha value is -6.77. The van der Waals surface area contributed by atoms with Crippen molar-refractivity contribution in [1.29, 1.82) is 0 Å². The van der Waals surface area contributed by atoms with Crippen molar-refractivity contribution in [1.82, 2.24) is 34.5 Å². The average Bonchev–Trinajstić information content (AvgIpc) is 3.56. The molecule has 1 atom stereocenters. The number of nitrogens with one attached hydrogen (secondary N) is 3. The Kier molecular flexibility index (Phi) is 15.7. The molecule has 0 saturated heterocycles. The first-order valence-corrected chi connectivity index (χ1v) is 19.8. The van der Waals surface area contributed by atoms with Gasteiger partial charge in [0.1, 0.15) is 31.4 Å². The lowest BCUT2D eigenvalue weighted by Crippen LogP contribution is -2.50. The van der Waals surface area contributed by atoms with E-state index >= 15 is 0 Å². The zero-order chi connectivity index (χ0) is 43.2. The Morgan fingerprint density at radius 2 is 1.75 bits per heavy atom. The molecular formula is C38H49N11O9S. The fraction of sp³-hybridized carbons (Fsp3) is 0.368. The zero-order valence-electron chi connectivity index (χ0n) is 33.2. The van der Waals surface area contributed by atoms with Gasteiger partial charge in [-0.05, 0) is 58.2 Å². The second-order valence-corrected chi connectivity index (χ2v) is 15.6. The predicted molar refractivity (Wildman–Crippen MR) is 218 cm³/mol. The van der Waals surface area contributed by atoms with Crippen molar-refractivity contribution in [3.8, 4) is 0 Å². The van der Waals surface area contributed by atoms with Crippen LogP contribution in [0, 0.1) is 6.92 Å². The van der Waals surface area contributed by atoms with Crippen molar-refractivity contribution in [3.63, 3.8) is 0 Å². The van der Waals surface area contributed by atoms with E-state index in [0.717, 1.165) is 11.1 Å². The molecule has 0 aliphatic carbocycles. The number of imidazole rings is 1. The molecule has 2 aromatic heterocycles. The molecule has 0 spiro atoms. The van der Waals surface area contributed by atoms with Crippen LogP contribution >= 0.6 is 0 Å². The molecule has 2 heterocycles. The second kappa shape index (κ2) is 20.6. The number of aryl methyl sites for hydroxylation is 1. The van der Waals surface area contributed by atoms with E-state index in [0.29, 0.717) is 0 Å². The van der Waals surface area contributed by atoms with Crippen molar-refractivity contribution in [2.45, 2.75) is 70.2 Å². The van der Waals surface area contributed by atoms with Crippen LogP contribution in [0.5, 0.6) is 0 Å². The smallest absolute Gasteiger partial charge is 0.413 e. The highest BCUT2D eigenvalue weighted by Crippen LogP contribution is 2.21. The van der Waals surface area contributed by atoms with Gasteiger partial charge >= 0.3 is 18.2 Å². The Bertz CT molecular complexity index is 2240. The number of alkyl carbamates (subject to hydrolysis) is 1. The molecule has 7 N–H and O–H groups in total. The third-order valence-electron chi connectivity index (χ3n) is 8.04. The molecule has 0 unspecified atom stereocenters. The van der Waals surface area contributed by atoms with Crippen molar-refractivity contribution in [2.75, 3.05) is 37.3 Å². The first-order chi connectivity index (χ1) is 28.0. The first-order valence-electron chi connectivity index (χ1n) is 18.3.